The second-order valence-corrected chi connectivity index (χ2v) is 6.28. The van der Waals surface area contributed by atoms with Gasteiger partial charge in [0, 0.05) is 12.0 Å². The van der Waals surface area contributed by atoms with Crippen LogP contribution in [0.3, 0.4) is 0 Å². The number of hydrogen-bond donors (Lipinski definition) is 2. The fourth-order valence-electron chi connectivity index (χ4n) is 2.37. The van der Waals surface area contributed by atoms with Crippen LogP contribution in [0.2, 0.25) is 0 Å². The zero-order valence-corrected chi connectivity index (χ0v) is 15.8. The van der Waals surface area contributed by atoms with Crippen LogP contribution in [0.5, 0.6) is 11.5 Å². The van der Waals surface area contributed by atoms with Crippen LogP contribution >= 0.6 is 0 Å². The van der Waals surface area contributed by atoms with Gasteiger partial charge in [-0.3, -0.25) is 20.4 Å². The Hall–Kier alpha value is -3.16. The summed E-state index contributed by atoms with van der Waals surface area (Å²) < 4.78 is 36.8. The average Bonchev–Trinajstić information content (AvgIpc) is 2.66. The Kier molecular flexibility index (Phi) is 7.31. The first-order valence-electron chi connectivity index (χ1n) is 8.68. The quantitative estimate of drug-likeness (QED) is 0.710. The molecule has 0 saturated heterocycles. The molecular weight excluding hydrogens is 370 g/mol. The number of aryl methyl sites for hydroxylation is 1. The number of carbonyl (C=O) groups is 2. The zero-order chi connectivity index (χ0) is 20.7. The summed E-state index contributed by atoms with van der Waals surface area (Å²) in [5.74, 6) is -2.01. The minimum absolute atomic E-state index is 0.00413. The molecule has 28 heavy (non-hydrogen) atoms. The van der Waals surface area contributed by atoms with Gasteiger partial charge in [0.05, 0.1) is 13.2 Å². The standard InChI is InChI=1S/C20H22F2N2O4/c1-12(2)28-17-8-6-14(11-18(17)27-3)20(26)24-23-19(25)9-5-13-4-7-15(21)16(22)10-13/h4,6-8,10-12H,5,9H2,1-3H3,(H,23,25)(H,24,26). The predicted molar refractivity (Wildman–Crippen MR) is 99.0 cm³/mol. The molecule has 6 nitrogen and oxygen atoms in total. The van der Waals surface area contributed by atoms with E-state index >= 15 is 0 Å². The zero-order valence-electron chi connectivity index (χ0n) is 15.8. The molecule has 2 aromatic rings. The monoisotopic (exact) mass is 392 g/mol. The Labute approximate surface area is 161 Å². The van der Waals surface area contributed by atoms with Crippen LogP contribution in [-0.2, 0) is 11.2 Å². The molecule has 0 unspecified atom stereocenters. The molecule has 0 heterocycles. The summed E-state index contributed by atoms with van der Waals surface area (Å²) >= 11 is 0. The fraction of sp³-hybridized carbons (Fsp3) is 0.300. The second kappa shape index (κ2) is 9.68. The molecule has 0 saturated carbocycles. The summed E-state index contributed by atoms with van der Waals surface area (Å²) in [5, 5.41) is 0. The van der Waals surface area contributed by atoms with Gasteiger partial charge in [-0.2, -0.15) is 0 Å². The van der Waals surface area contributed by atoms with Crippen molar-refractivity contribution in [2.75, 3.05) is 7.11 Å². The third-order valence-electron chi connectivity index (χ3n) is 3.73. The van der Waals surface area contributed by atoms with Crippen LogP contribution in [0.4, 0.5) is 8.78 Å². The van der Waals surface area contributed by atoms with Crippen molar-refractivity contribution >= 4 is 11.8 Å². The Balaban J connectivity index is 1.88. The molecule has 8 heteroatoms. The molecule has 0 aliphatic heterocycles. The maximum absolute atomic E-state index is 13.2. The number of nitrogens with one attached hydrogen (secondary N) is 2. The van der Waals surface area contributed by atoms with E-state index in [1.54, 1.807) is 12.1 Å². The van der Waals surface area contributed by atoms with E-state index in [9.17, 15) is 18.4 Å². The van der Waals surface area contributed by atoms with E-state index in [2.05, 4.69) is 10.9 Å². The van der Waals surface area contributed by atoms with Crippen molar-refractivity contribution in [1.29, 1.82) is 0 Å². The van der Waals surface area contributed by atoms with Crippen LogP contribution in [0.25, 0.3) is 0 Å². The topological polar surface area (TPSA) is 76.7 Å². The average molecular weight is 392 g/mol. The van der Waals surface area contributed by atoms with E-state index in [0.29, 0.717) is 17.1 Å². The minimum Gasteiger partial charge on any atom is -0.493 e. The van der Waals surface area contributed by atoms with Crippen molar-refractivity contribution in [2.45, 2.75) is 32.8 Å². The smallest absolute Gasteiger partial charge is 0.269 e. The molecule has 0 radical (unpaired) electrons. The SMILES string of the molecule is COc1cc(C(=O)NNC(=O)CCc2ccc(F)c(F)c2)ccc1OC(C)C. The molecule has 0 aromatic heterocycles. The summed E-state index contributed by atoms with van der Waals surface area (Å²) in [5.41, 5.74) is 5.33. The molecule has 2 rings (SSSR count). The van der Waals surface area contributed by atoms with Crippen molar-refractivity contribution < 1.29 is 27.8 Å². The lowest BCUT2D eigenvalue weighted by atomic mass is 10.1. The van der Waals surface area contributed by atoms with Crippen molar-refractivity contribution in [3.63, 3.8) is 0 Å². The van der Waals surface area contributed by atoms with Crippen molar-refractivity contribution in [3.8, 4) is 11.5 Å². The predicted octanol–water partition coefficient (Wildman–Crippen LogP) is 3.15. The Morgan fingerprint density at radius 3 is 2.39 bits per heavy atom. The number of carbonyl (C=O) groups excluding carboxylic acids is 2. The van der Waals surface area contributed by atoms with Gasteiger partial charge >= 0.3 is 0 Å². The first-order valence-corrected chi connectivity index (χ1v) is 8.68. The van der Waals surface area contributed by atoms with Crippen LogP contribution in [0, 0.1) is 11.6 Å². The van der Waals surface area contributed by atoms with Crippen molar-refractivity contribution in [1.82, 2.24) is 10.9 Å². The second-order valence-electron chi connectivity index (χ2n) is 6.28. The van der Waals surface area contributed by atoms with E-state index in [1.165, 1.54) is 19.2 Å². The summed E-state index contributed by atoms with van der Waals surface area (Å²) in [6.45, 7) is 3.74. The fourth-order valence-corrected chi connectivity index (χ4v) is 2.37. The van der Waals surface area contributed by atoms with Crippen LogP contribution in [0.15, 0.2) is 36.4 Å². The van der Waals surface area contributed by atoms with E-state index in [-0.39, 0.29) is 24.5 Å². The molecule has 0 aliphatic carbocycles. The first kappa shape index (κ1) is 21.1. The first-order chi connectivity index (χ1) is 13.3. The number of rotatable bonds is 7. The number of amides is 2. The van der Waals surface area contributed by atoms with Gasteiger partial charge in [0.15, 0.2) is 23.1 Å². The number of halogens is 2. The maximum Gasteiger partial charge on any atom is 0.269 e. The summed E-state index contributed by atoms with van der Waals surface area (Å²) in [7, 11) is 1.46. The Bertz CT molecular complexity index is 856. The highest BCUT2D eigenvalue weighted by Crippen LogP contribution is 2.28. The number of hydrogen-bond acceptors (Lipinski definition) is 4. The van der Waals surface area contributed by atoms with E-state index in [0.717, 1.165) is 12.1 Å². The lowest BCUT2D eigenvalue weighted by Gasteiger charge is -2.14. The van der Waals surface area contributed by atoms with Gasteiger partial charge in [0.2, 0.25) is 5.91 Å². The molecule has 0 aliphatic rings. The largest absolute Gasteiger partial charge is 0.493 e. The third-order valence-corrected chi connectivity index (χ3v) is 3.73. The highest BCUT2D eigenvalue weighted by Gasteiger charge is 2.13. The Morgan fingerprint density at radius 2 is 1.75 bits per heavy atom. The van der Waals surface area contributed by atoms with Gasteiger partial charge in [-0.1, -0.05) is 6.07 Å². The highest BCUT2D eigenvalue weighted by molar-refractivity contribution is 5.96. The number of ether oxygens (including phenoxy) is 2. The molecule has 0 atom stereocenters. The molecule has 2 N–H and O–H groups in total. The van der Waals surface area contributed by atoms with Gasteiger partial charge < -0.3 is 9.47 Å². The molecule has 2 amide bonds. The van der Waals surface area contributed by atoms with Crippen molar-refractivity contribution in [2.24, 2.45) is 0 Å². The summed E-state index contributed by atoms with van der Waals surface area (Å²) in [6, 6.07) is 8.10. The van der Waals surface area contributed by atoms with Gasteiger partial charge in [0.25, 0.3) is 5.91 Å². The number of hydrazine groups is 1. The summed E-state index contributed by atoms with van der Waals surface area (Å²) in [4.78, 5) is 24.1. The molecule has 150 valence electrons. The molecular formula is C20H22F2N2O4. The van der Waals surface area contributed by atoms with E-state index < -0.39 is 23.4 Å². The highest BCUT2D eigenvalue weighted by atomic mass is 19.2. The van der Waals surface area contributed by atoms with Crippen LogP contribution < -0.4 is 20.3 Å². The van der Waals surface area contributed by atoms with E-state index in [1.807, 2.05) is 13.8 Å². The number of benzene rings is 2. The molecule has 0 spiro atoms. The molecule has 2 aromatic carbocycles. The third kappa shape index (κ3) is 5.94. The van der Waals surface area contributed by atoms with Gasteiger partial charge in [0.1, 0.15) is 0 Å². The summed E-state index contributed by atoms with van der Waals surface area (Å²) in [6.07, 6.45) is 0.145. The van der Waals surface area contributed by atoms with Gasteiger partial charge in [-0.25, -0.2) is 8.78 Å². The maximum atomic E-state index is 13.2. The lowest BCUT2D eigenvalue weighted by molar-refractivity contribution is -0.121. The minimum atomic E-state index is -0.968. The van der Waals surface area contributed by atoms with Crippen LogP contribution in [0.1, 0.15) is 36.2 Å². The molecule has 0 bridgehead atoms. The normalized spacial score (nSPS) is 10.5. The molecule has 0 fully saturated rings. The lowest BCUT2D eigenvalue weighted by Crippen LogP contribution is -2.41. The Morgan fingerprint density at radius 1 is 1.00 bits per heavy atom. The number of methoxy groups -OCH3 is 1. The van der Waals surface area contributed by atoms with Gasteiger partial charge in [-0.05, 0) is 56.2 Å². The van der Waals surface area contributed by atoms with E-state index in [4.69, 9.17) is 9.47 Å². The van der Waals surface area contributed by atoms with Gasteiger partial charge in [-0.15, -0.1) is 0 Å². The van der Waals surface area contributed by atoms with Crippen molar-refractivity contribution in [3.05, 3.63) is 59.2 Å². The van der Waals surface area contributed by atoms with Crippen LogP contribution in [-0.4, -0.2) is 25.0 Å².